The van der Waals surface area contributed by atoms with Gasteiger partial charge in [-0.1, -0.05) is 37.6 Å². The number of hydrogen-bond donors (Lipinski definition) is 2. The van der Waals surface area contributed by atoms with E-state index < -0.39 is 0 Å². The van der Waals surface area contributed by atoms with Gasteiger partial charge in [-0.15, -0.1) is 6.04 Å². The Kier molecular flexibility index (Phi) is 3.13. The van der Waals surface area contributed by atoms with Crippen molar-refractivity contribution in [2.45, 2.75) is 82.7 Å². The van der Waals surface area contributed by atoms with Gasteiger partial charge in [0.05, 0.1) is 12.1 Å². The highest BCUT2D eigenvalue weighted by Crippen LogP contribution is 2.49. The molecule has 3 heteroatoms. The molecule has 1 saturated carbocycles. The lowest BCUT2D eigenvalue weighted by Gasteiger charge is -2.53. The van der Waals surface area contributed by atoms with E-state index in [0.717, 1.165) is 30.0 Å². The first kappa shape index (κ1) is 12.6. The summed E-state index contributed by atoms with van der Waals surface area (Å²) in [5.74, 6) is 1.88. The van der Waals surface area contributed by atoms with E-state index in [2.05, 4.69) is 19.2 Å². The third kappa shape index (κ3) is 1.89. The van der Waals surface area contributed by atoms with Crippen molar-refractivity contribution in [2.75, 3.05) is 6.54 Å². The van der Waals surface area contributed by atoms with Crippen LogP contribution in [0.3, 0.4) is 0 Å². The lowest BCUT2D eigenvalue weighted by atomic mass is 9.71. The molecule has 0 amide bonds. The Morgan fingerprint density at radius 1 is 1.05 bits per heavy atom. The Hall–Kier alpha value is -0.120. The molecule has 0 bridgehead atoms. The fourth-order valence-electron chi connectivity index (χ4n) is 5.89. The molecule has 0 radical (unpaired) electrons. The maximum Gasteiger partial charge on any atom is 0.138 e. The van der Waals surface area contributed by atoms with E-state index in [1.807, 2.05) is 4.90 Å². The summed E-state index contributed by atoms with van der Waals surface area (Å²) in [7, 11) is 0. The van der Waals surface area contributed by atoms with E-state index in [9.17, 15) is 0 Å². The summed E-state index contributed by atoms with van der Waals surface area (Å²) in [6, 6.07) is 3.07. The third-order valence-electron chi connectivity index (χ3n) is 6.57. The second-order valence-electron chi connectivity index (χ2n) is 7.53. The second-order valence-corrected chi connectivity index (χ2v) is 7.53. The minimum absolute atomic E-state index is 0.632. The molecule has 1 aliphatic carbocycles. The summed E-state index contributed by atoms with van der Waals surface area (Å²) in [5.41, 5.74) is 0. The van der Waals surface area contributed by atoms with E-state index in [-0.39, 0.29) is 0 Å². The van der Waals surface area contributed by atoms with Gasteiger partial charge >= 0.3 is 0 Å². The molecule has 3 heterocycles. The Labute approximate surface area is 117 Å². The molecule has 0 spiro atoms. The first-order valence-corrected chi connectivity index (χ1v) is 8.55. The van der Waals surface area contributed by atoms with Crippen molar-refractivity contribution in [3.63, 3.8) is 0 Å². The zero-order chi connectivity index (χ0) is 13.0. The van der Waals surface area contributed by atoms with Gasteiger partial charge in [0.25, 0.3) is 0 Å². The van der Waals surface area contributed by atoms with Crippen LogP contribution in [0.25, 0.3) is 5.32 Å². The molecular formula is C16H29N3. The van der Waals surface area contributed by atoms with Gasteiger partial charge in [0.2, 0.25) is 0 Å². The van der Waals surface area contributed by atoms with Gasteiger partial charge < -0.3 is 10.2 Å². The van der Waals surface area contributed by atoms with Crippen LogP contribution < -0.4 is 10.2 Å². The van der Waals surface area contributed by atoms with Crippen LogP contribution in [0.5, 0.6) is 0 Å². The van der Waals surface area contributed by atoms with E-state index in [1.54, 1.807) is 0 Å². The summed E-state index contributed by atoms with van der Waals surface area (Å²) in [6.07, 6.45) is 9.15. The number of fused-ring (bicyclic) bond motifs is 5. The van der Waals surface area contributed by atoms with Crippen LogP contribution >= 0.6 is 0 Å². The fraction of sp³-hybridized carbons (Fsp3) is 1.00. The molecule has 0 aromatic heterocycles. The summed E-state index contributed by atoms with van der Waals surface area (Å²) >= 11 is 0. The molecule has 19 heavy (non-hydrogen) atoms. The number of hydrogen-bond acceptors (Lipinski definition) is 1. The largest absolute Gasteiger partial charge is 0.651 e. The lowest BCUT2D eigenvalue weighted by molar-refractivity contribution is -0.983. The molecule has 0 aromatic carbocycles. The molecule has 8 atom stereocenters. The zero-order valence-electron chi connectivity index (χ0n) is 12.4. The summed E-state index contributed by atoms with van der Waals surface area (Å²) in [5, 5.41) is 9.01. The molecule has 4 aliphatic rings. The average Bonchev–Trinajstić information content (AvgIpc) is 2.78. The molecule has 3 saturated heterocycles. The monoisotopic (exact) mass is 263 g/mol. The number of piperidine rings is 1. The van der Waals surface area contributed by atoms with Crippen molar-refractivity contribution in [1.29, 1.82) is 0 Å². The van der Waals surface area contributed by atoms with Crippen molar-refractivity contribution >= 4 is 0 Å². The predicted molar refractivity (Wildman–Crippen MR) is 77.3 cm³/mol. The smallest absolute Gasteiger partial charge is 0.138 e. The van der Waals surface area contributed by atoms with Crippen LogP contribution in [-0.4, -0.2) is 36.9 Å². The maximum absolute atomic E-state index is 5.34. The fourth-order valence-corrected chi connectivity index (χ4v) is 5.89. The van der Waals surface area contributed by atoms with Crippen LogP contribution in [0.1, 0.15) is 52.4 Å². The van der Waals surface area contributed by atoms with Gasteiger partial charge in [0, 0.05) is 26.3 Å². The first-order valence-electron chi connectivity index (χ1n) is 8.55. The van der Waals surface area contributed by atoms with E-state index in [4.69, 9.17) is 5.32 Å². The van der Waals surface area contributed by atoms with E-state index >= 15 is 0 Å². The van der Waals surface area contributed by atoms with E-state index in [0.29, 0.717) is 12.2 Å². The normalized spacial score (nSPS) is 57.2. The van der Waals surface area contributed by atoms with Crippen LogP contribution in [0.2, 0.25) is 0 Å². The van der Waals surface area contributed by atoms with Gasteiger partial charge in [-0.05, 0) is 12.8 Å². The highest BCUT2D eigenvalue weighted by molar-refractivity contribution is 5.19. The molecule has 7 unspecified atom stereocenters. The number of quaternary nitrogens is 1. The van der Waals surface area contributed by atoms with Gasteiger partial charge in [-0.3, -0.25) is 5.32 Å². The minimum Gasteiger partial charge on any atom is -0.651 e. The quantitative estimate of drug-likeness (QED) is 0.678. The van der Waals surface area contributed by atoms with Crippen LogP contribution in [0, 0.1) is 11.8 Å². The van der Waals surface area contributed by atoms with Gasteiger partial charge in [-0.2, -0.15) is 0 Å². The van der Waals surface area contributed by atoms with Crippen molar-refractivity contribution in [1.82, 2.24) is 5.32 Å². The number of nitrogens with zero attached hydrogens (tertiary/aromatic N) is 1. The van der Waals surface area contributed by atoms with Crippen molar-refractivity contribution in [3.8, 4) is 0 Å². The summed E-state index contributed by atoms with van der Waals surface area (Å²) in [4.78, 5) is 1.81. The number of nitrogens with one attached hydrogen (secondary N) is 2. The molecule has 3 nitrogen and oxygen atoms in total. The molecule has 2 N–H and O–H groups in total. The van der Waals surface area contributed by atoms with Crippen LogP contribution in [-0.2, 0) is 0 Å². The SMILES string of the molecule is CC1CC2C3CCCCC3[N-]C2C2CCN[C@H](C)[NH+]12. The Bertz CT molecular complexity index is 345. The van der Waals surface area contributed by atoms with Crippen molar-refractivity contribution in [2.24, 2.45) is 11.8 Å². The average molecular weight is 263 g/mol. The van der Waals surface area contributed by atoms with E-state index in [1.165, 1.54) is 45.1 Å². The van der Waals surface area contributed by atoms with Gasteiger partial charge in [0.1, 0.15) is 6.17 Å². The van der Waals surface area contributed by atoms with Crippen LogP contribution in [0.15, 0.2) is 0 Å². The van der Waals surface area contributed by atoms with Crippen molar-refractivity contribution in [3.05, 3.63) is 5.32 Å². The molecule has 4 fully saturated rings. The second kappa shape index (κ2) is 4.71. The predicted octanol–water partition coefficient (Wildman–Crippen LogP) is 1.30. The Morgan fingerprint density at radius 2 is 1.89 bits per heavy atom. The molecule has 0 aromatic rings. The molecule has 3 aliphatic heterocycles. The Balaban J connectivity index is 1.60. The summed E-state index contributed by atoms with van der Waals surface area (Å²) in [6.45, 7) is 6.06. The minimum atomic E-state index is 0.632. The van der Waals surface area contributed by atoms with Crippen molar-refractivity contribution < 1.29 is 4.90 Å². The topological polar surface area (TPSA) is 30.6 Å². The Morgan fingerprint density at radius 3 is 2.79 bits per heavy atom. The summed E-state index contributed by atoms with van der Waals surface area (Å²) < 4.78 is 0. The maximum atomic E-state index is 5.34. The highest BCUT2D eigenvalue weighted by Gasteiger charge is 2.49. The van der Waals surface area contributed by atoms with Gasteiger partial charge in [0.15, 0.2) is 0 Å². The standard InChI is InChI=1S/C16H28N3/c1-10-9-13-12-5-3-4-6-14(12)18-16(13)15-7-8-17-11(2)19(10)15/h10-17H,3-9H2,1-2H3/q-1/p+1/t10?,11-,12?,13?,14?,15?,16?/m0/s1. The number of rotatable bonds is 0. The molecule has 108 valence electrons. The molecular weight excluding hydrogens is 234 g/mol. The third-order valence-corrected chi connectivity index (χ3v) is 6.57. The molecule has 4 rings (SSSR count). The first-order chi connectivity index (χ1) is 9.25. The lowest BCUT2D eigenvalue weighted by Crippen LogP contribution is -3.26. The zero-order valence-corrected chi connectivity index (χ0v) is 12.4. The van der Waals surface area contributed by atoms with Crippen LogP contribution in [0.4, 0.5) is 0 Å². The van der Waals surface area contributed by atoms with Gasteiger partial charge in [-0.25, -0.2) is 0 Å². The highest BCUT2D eigenvalue weighted by atomic mass is 15.4.